The lowest BCUT2D eigenvalue weighted by molar-refractivity contribution is -0.0792. The van der Waals surface area contributed by atoms with Crippen LogP contribution in [0.5, 0.6) is 0 Å². The van der Waals surface area contributed by atoms with Crippen molar-refractivity contribution in [1.82, 2.24) is 0 Å². The van der Waals surface area contributed by atoms with Gasteiger partial charge in [-0.15, -0.1) is 0 Å². The molecule has 0 N–H and O–H groups in total. The second kappa shape index (κ2) is 5.77. The van der Waals surface area contributed by atoms with Gasteiger partial charge in [0.2, 0.25) is 0 Å². The fourth-order valence-electron chi connectivity index (χ4n) is 0.703. The maximum atomic E-state index is 5.33. The third-order valence-corrected chi connectivity index (χ3v) is 1.45. The number of ether oxygens (including phenoxy) is 2. The molecule has 3 heteroatoms. The van der Waals surface area contributed by atoms with Crippen LogP contribution in [0.3, 0.4) is 0 Å². The van der Waals surface area contributed by atoms with Gasteiger partial charge in [0.25, 0.3) is 0 Å². The van der Waals surface area contributed by atoms with Crippen LogP contribution in [0.2, 0.25) is 0 Å². The molecule has 0 spiro atoms. The van der Waals surface area contributed by atoms with E-state index in [1.807, 2.05) is 26.8 Å². The summed E-state index contributed by atoms with van der Waals surface area (Å²) in [5.74, 6) is 0.812. The van der Waals surface area contributed by atoms with Crippen LogP contribution in [-0.2, 0) is 9.47 Å². The van der Waals surface area contributed by atoms with Gasteiger partial charge < -0.3 is 9.47 Å². The minimum absolute atomic E-state index is 0.203. The Morgan fingerprint density at radius 1 is 1.42 bits per heavy atom. The van der Waals surface area contributed by atoms with Crippen LogP contribution in [0.4, 0.5) is 0 Å². The lowest BCUT2D eigenvalue weighted by atomic mass is 10.3. The highest BCUT2D eigenvalue weighted by atomic mass is 16.7. The third-order valence-electron chi connectivity index (χ3n) is 1.45. The zero-order valence-electron chi connectivity index (χ0n) is 8.42. The fraction of sp³-hybridized carbons (Fsp3) is 0.667. The summed E-state index contributed by atoms with van der Waals surface area (Å²) >= 11 is 0. The third kappa shape index (κ3) is 4.91. The molecule has 0 aliphatic heterocycles. The van der Waals surface area contributed by atoms with Crippen LogP contribution in [0.15, 0.2) is 16.8 Å². The summed E-state index contributed by atoms with van der Waals surface area (Å²) in [6.45, 7) is 5.64. The first kappa shape index (κ1) is 11.2. The number of methoxy groups -OCH3 is 1. The first-order chi connectivity index (χ1) is 5.60. The van der Waals surface area contributed by atoms with Gasteiger partial charge in [-0.3, -0.25) is 4.99 Å². The van der Waals surface area contributed by atoms with Gasteiger partial charge in [0.15, 0.2) is 6.29 Å². The van der Waals surface area contributed by atoms with E-state index in [1.54, 1.807) is 14.2 Å². The Hall–Kier alpha value is -0.830. The van der Waals surface area contributed by atoms with Crippen LogP contribution in [0.25, 0.3) is 0 Å². The fourth-order valence-corrected chi connectivity index (χ4v) is 0.703. The van der Waals surface area contributed by atoms with Crippen molar-refractivity contribution in [3.8, 4) is 0 Å². The molecule has 0 rings (SSSR count). The highest BCUT2D eigenvalue weighted by Crippen LogP contribution is 2.02. The molecule has 0 aliphatic carbocycles. The van der Waals surface area contributed by atoms with Crippen molar-refractivity contribution in [3.05, 3.63) is 11.8 Å². The molecule has 0 heterocycles. The molecule has 0 aromatic rings. The van der Waals surface area contributed by atoms with Crippen molar-refractivity contribution >= 4 is 5.71 Å². The Balaban J connectivity index is 4.02. The summed E-state index contributed by atoms with van der Waals surface area (Å²) in [5.41, 5.74) is 0.941. The maximum absolute atomic E-state index is 5.33. The van der Waals surface area contributed by atoms with Gasteiger partial charge in [0.1, 0.15) is 0 Å². The molecule has 0 unspecified atom stereocenters. The predicted octanol–water partition coefficient (Wildman–Crippen LogP) is 1.99. The molecule has 1 atom stereocenters. The number of nitrogens with zero attached hydrogens (tertiary/aromatic N) is 1. The Morgan fingerprint density at radius 3 is 2.42 bits per heavy atom. The summed E-state index contributed by atoms with van der Waals surface area (Å²) < 4.78 is 10.3. The summed E-state index contributed by atoms with van der Waals surface area (Å²) in [6.07, 6.45) is 1.67. The van der Waals surface area contributed by atoms with Crippen molar-refractivity contribution in [2.24, 2.45) is 4.99 Å². The van der Waals surface area contributed by atoms with E-state index < -0.39 is 0 Å². The van der Waals surface area contributed by atoms with Crippen molar-refractivity contribution in [2.45, 2.75) is 27.1 Å². The first-order valence-electron chi connectivity index (χ1n) is 3.91. The molecule has 12 heavy (non-hydrogen) atoms. The number of hydrogen-bond acceptors (Lipinski definition) is 3. The molecule has 3 nitrogen and oxygen atoms in total. The zero-order valence-corrected chi connectivity index (χ0v) is 8.42. The van der Waals surface area contributed by atoms with Gasteiger partial charge in [0.05, 0.1) is 5.76 Å². The molecule has 0 aromatic heterocycles. The Kier molecular flexibility index (Phi) is 5.37. The topological polar surface area (TPSA) is 30.8 Å². The Morgan fingerprint density at radius 2 is 2.00 bits per heavy atom. The van der Waals surface area contributed by atoms with Crippen LogP contribution in [0.1, 0.15) is 20.8 Å². The van der Waals surface area contributed by atoms with Gasteiger partial charge in [-0.05, 0) is 26.8 Å². The molecule has 0 bridgehead atoms. The van der Waals surface area contributed by atoms with Crippen molar-refractivity contribution in [3.63, 3.8) is 0 Å². The second-order valence-electron chi connectivity index (χ2n) is 2.54. The van der Waals surface area contributed by atoms with E-state index in [-0.39, 0.29) is 6.29 Å². The van der Waals surface area contributed by atoms with E-state index in [4.69, 9.17) is 9.47 Å². The quantitative estimate of drug-likeness (QED) is 0.368. The van der Waals surface area contributed by atoms with E-state index in [2.05, 4.69) is 4.99 Å². The van der Waals surface area contributed by atoms with Crippen LogP contribution in [-0.4, -0.2) is 26.2 Å². The van der Waals surface area contributed by atoms with Gasteiger partial charge in [-0.1, -0.05) is 0 Å². The molecule has 0 radical (unpaired) electrons. The smallest absolute Gasteiger partial charge is 0.196 e. The molecule has 0 aliphatic rings. The molecule has 0 fully saturated rings. The first-order valence-corrected chi connectivity index (χ1v) is 3.91. The monoisotopic (exact) mass is 171 g/mol. The molecular formula is C9H17NO2. The highest BCUT2D eigenvalue weighted by molar-refractivity contribution is 5.92. The van der Waals surface area contributed by atoms with Gasteiger partial charge in [-0.2, -0.15) is 0 Å². The number of rotatable bonds is 4. The maximum Gasteiger partial charge on any atom is 0.196 e. The molecule has 0 aromatic carbocycles. The number of aliphatic imine (C=N–C) groups is 1. The minimum Gasteiger partial charge on any atom is -0.470 e. The Bertz CT molecular complexity index is 185. The average molecular weight is 171 g/mol. The van der Waals surface area contributed by atoms with Crippen LogP contribution in [0, 0.1) is 0 Å². The van der Waals surface area contributed by atoms with E-state index in [1.165, 1.54) is 0 Å². The van der Waals surface area contributed by atoms with Gasteiger partial charge >= 0.3 is 0 Å². The summed E-state index contributed by atoms with van der Waals surface area (Å²) in [6, 6.07) is 0. The SMILES string of the molecule is CN=C(C)/C=C(\C)O[C@@H](C)OC. The molecule has 0 amide bonds. The molecule has 70 valence electrons. The summed E-state index contributed by atoms with van der Waals surface area (Å²) in [4.78, 5) is 3.98. The average Bonchev–Trinajstić information content (AvgIpc) is 2.03. The second-order valence-corrected chi connectivity index (χ2v) is 2.54. The van der Waals surface area contributed by atoms with Gasteiger partial charge in [-0.25, -0.2) is 0 Å². The summed E-state index contributed by atoms with van der Waals surface area (Å²) in [5, 5.41) is 0. The van der Waals surface area contributed by atoms with E-state index in [0.717, 1.165) is 11.5 Å². The molecule has 0 saturated heterocycles. The largest absolute Gasteiger partial charge is 0.470 e. The van der Waals surface area contributed by atoms with E-state index >= 15 is 0 Å². The van der Waals surface area contributed by atoms with Crippen LogP contribution >= 0.6 is 0 Å². The highest BCUT2D eigenvalue weighted by Gasteiger charge is 1.99. The zero-order chi connectivity index (χ0) is 9.56. The number of allylic oxidation sites excluding steroid dienone is 2. The molecular weight excluding hydrogens is 154 g/mol. The number of hydrogen-bond donors (Lipinski definition) is 0. The van der Waals surface area contributed by atoms with Crippen LogP contribution < -0.4 is 0 Å². The van der Waals surface area contributed by atoms with E-state index in [9.17, 15) is 0 Å². The standard InChI is InChI=1S/C9H17NO2/c1-7(10-4)6-8(2)12-9(3)11-5/h6,9H,1-5H3/b8-6+,10-7?/t9-/m0/s1. The van der Waals surface area contributed by atoms with Crippen molar-refractivity contribution in [2.75, 3.05) is 14.2 Å². The van der Waals surface area contributed by atoms with Crippen molar-refractivity contribution in [1.29, 1.82) is 0 Å². The summed E-state index contributed by atoms with van der Waals surface area (Å²) in [7, 11) is 3.36. The van der Waals surface area contributed by atoms with E-state index in [0.29, 0.717) is 0 Å². The van der Waals surface area contributed by atoms with Crippen molar-refractivity contribution < 1.29 is 9.47 Å². The normalized spacial score (nSPS) is 16.1. The lowest BCUT2D eigenvalue weighted by Crippen LogP contribution is -2.09. The van der Waals surface area contributed by atoms with Gasteiger partial charge in [0, 0.05) is 19.9 Å². The minimum atomic E-state index is -0.203. The Labute approximate surface area is 74.1 Å². The predicted molar refractivity (Wildman–Crippen MR) is 50.3 cm³/mol. The molecule has 0 saturated carbocycles. The lowest BCUT2D eigenvalue weighted by Gasteiger charge is -2.12.